The van der Waals surface area contributed by atoms with Crippen LogP contribution in [0.5, 0.6) is 5.75 Å². The predicted molar refractivity (Wildman–Crippen MR) is 143 cm³/mol. The number of carbonyl (C=O) groups excluding carboxylic acids is 2. The molecule has 0 atom stereocenters. The van der Waals surface area contributed by atoms with Crippen LogP contribution in [0.3, 0.4) is 0 Å². The molecule has 0 bridgehead atoms. The summed E-state index contributed by atoms with van der Waals surface area (Å²) in [4.78, 5) is 26.5. The lowest BCUT2D eigenvalue weighted by Gasteiger charge is -2.24. The van der Waals surface area contributed by atoms with E-state index in [-0.39, 0.29) is 10.7 Å². The Bertz CT molecular complexity index is 1250. The number of carbonyl (C=O) groups is 2. The van der Waals surface area contributed by atoms with Gasteiger partial charge in [0.2, 0.25) is 0 Å². The third-order valence-corrected chi connectivity index (χ3v) is 6.04. The highest BCUT2D eigenvalue weighted by atomic mass is 32.1. The lowest BCUT2D eigenvalue weighted by Crippen LogP contribution is -2.51. The van der Waals surface area contributed by atoms with Crippen molar-refractivity contribution < 1.29 is 14.3 Å². The van der Waals surface area contributed by atoms with Crippen LogP contribution in [0.4, 0.5) is 5.69 Å². The molecular formula is C28H27N3O3S. The van der Waals surface area contributed by atoms with E-state index in [4.69, 9.17) is 17.0 Å². The van der Waals surface area contributed by atoms with Crippen LogP contribution in [0.2, 0.25) is 0 Å². The lowest BCUT2D eigenvalue weighted by molar-refractivity contribution is -0.123. The number of nitrogens with one attached hydrogen (secondary N) is 2. The number of benzene rings is 3. The number of rotatable bonds is 8. The highest BCUT2D eigenvalue weighted by Gasteiger charge is 2.25. The first-order valence-electron chi connectivity index (χ1n) is 11.5. The summed E-state index contributed by atoms with van der Waals surface area (Å²) in [6.45, 7) is 6.14. The van der Waals surface area contributed by atoms with Crippen LogP contribution in [0.25, 0.3) is 17.2 Å². The Labute approximate surface area is 210 Å². The van der Waals surface area contributed by atoms with E-state index in [1.807, 2.05) is 55.5 Å². The van der Waals surface area contributed by atoms with E-state index < -0.39 is 11.8 Å². The molecule has 0 aliphatic carbocycles. The molecular weight excluding hydrogens is 458 g/mol. The summed E-state index contributed by atoms with van der Waals surface area (Å²) < 4.78 is 5.99. The van der Waals surface area contributed by atoms with Crippen molar-refractivity contribution in [3.63, 3.8) is 0 Å². The molecule has 3 aromatic carbocycles. The van der Waals surface area contributed by atoms with Gasteiger partial charge < -0.3 is 9.64 Å². The zero-order valence-corrected chi connectivity index (χ0v) is 20.5. The van der Waals surface area contributed by atoms with Gasteiger partial charge in [0.05, 0.1) is 6.54 Å². The second kappa shape index (κ2) is 11.0. The number of anilines is 1. The minimum Gasteiger partial charge on any atom is -0.492 e. The summed E-state index contributed by atoms with van der Waals surface area (Å²) in [5, 5.41) is 4.94. The maximum Gasteiger partial charge on any atom is 0.263 e. The Kier molecular flexibility index (Phi) is 7.57. The number of aryl methyl sites for hydroxylation is 1. The summed E-state index contributed by atoms with van der Waals surface area (Å²) in [5.41, 5.74) is 5.18. The lowest BCUT2D eigenvalue weighted by atomic mass is 10.0. The molecule has 0 radical (unpaired) electrons. The standard InChI is InChI=1S/C28H27N3O3S/c1-3-31(15-16-34-24-13-10-21(11-14-24)20-7-5-4-6-8-20)23-12-9-22(19(2)17-23)18-25-26(32)29-28(35)30-27(25)33/h4-14,17-18H,3,15-16H2,1-2H3,(H2,29,30,32,33,35). The van der Waals surface area contributed by atoms with Gasteiger partial charge in [0.1, 0.15) is 17.9 Å². The summed E-state index contributed by atoms with van der Waals surface area (Å²) in [6, 6.07) is 24.3. The van der Waals surface area contributed by atoms with Crippen molar-refractivity contribution in [2.24, 2.45) is 0 Å². The molecule has 2 amide bonds. The average molecular weight is 486 g/mol. The Morgan fingerprint density at radius 2 is 1.57 bits per heavy atom. The molecule has 4 rings (SSSR count). The molecule has 1 fully saturated rings. The molecule has 35 heavy (non-hydrogen) atoms. The average Bonchev–Trinajstić information content (AvgIpc) is 2.86. The van der Waals surface area contributed by atoms with Crippen molar-refractivity contribution in [3.05, 3.63) is 89.5 Å². The van der Waals surface area contributed by atoms with Crippen molar-refractivity contribution in [1.82, 2.24) is 10.6 Å². The minimum atomic E-state index is -0.494. The summed E-state index contributed by atoms with van der Waals surface area (Å²) >= 11 is 4.85. The number of hydrogen-bond acceptors (Lipinski definition) is 5. The molecule has 1 saturated heterocycles. The molecule has 0 unspecified atom stereocenters. The third kappa shape index (κ3) is 5.94. The van der Waals surface area contributed by atoms with Gasteiger partial charge in [-0.2, -0.15) is 0 Å². The smallest absolute Gasteiger partial charge is 0.263 e. The molecule has 1 heterocycles. The van der Waals surface area contributed by atoms with Gasteiger partial charge in [-0.15, -0.1) is 0 Å². The molecule has 1 aliphatic heterocycles. The van der Waals surface area contributed by atoms with Crippen LogP contribution < -0.4 is 20.3 Å². The van der Waals surface area contributed by atoms with Crippen LogP contribution in [-0.4, -0.2) is 36.6 Å². The predicted octanol–water partition coefficient (Wildman–Crippen LogP) is 4.48. The zero-order chi connectivity index (χ0) is 24.8. The van der Waals surface area contributed by atoms with E-state index in [9.17, 15) is 9.59 Å². The summed E-state index contributed by atoms with van der Waals surface area (Å²) in [6.07, 6.45) is 1.59. The van der Waals surface area contributed by atoms with Crippen molar-refractivity contribution in [1.29, 1.82) is 0 Å². The Hall–Kier alpha value is -3.97. The Morgan fingerprint density at radius 3 is 2.20 bits per heavy atom. The normalized spacial score (nSPS) is 13.2. The second-order valence-electron chi connectivity index (χ2n) is 8.15. The van der Waals surface area contributed by atoms with E-state index in [1.54, 1.807) is 6.08 Å². The molecule has 6 nitrogen and oxygen atoms in total. The van der Waals surface area contributed by atoms with Gasteiger partial charge in [-0.05, 0) is 78.7 Å². The zero-order valence-electron chi connectivity index (χ0n) is 19.7. The fraction of sp³-hybridized carbons (Fsp3) is 0.179. The van der Waals surface area contributed by atoms with Crippen LogP contribution in [0, 0.1) is 6.92 Å². The molecule has 178 valence electrons. The first kappa shape index (κ1) is 24.2. The number of ether oxygens (including phenoxy) is 1. The Balaban J connectivity index is 1.38. The largest absolute Gasteiger partial charge is 0.492 e. The van der Waals surface area contributed by atoms with Gasteiger partial charge >= 0.3 is 0 Å². The van der Waals surface area contributed by atoms with Gasteiger partial charge in [-0.1, -0.05) is 48.5 Å². The SMILES string of the molecule is CCN(CCOc1ccc(-c2ccccc2)cc1)c1ccc(C=C2C(=O)NC(=S)NC2=O)c(C)c1. The van der Waals surface area contributed by atoms with Crippen LogP contribution in [0.15, 0.2) is 78.4 Å². The van der Waals surface area contributed by atoms with Gasteiger partial charge in [-0.3, -0.25) is 20.2 Å². The summed E-state index contributed by atoms with van der Waals surface area (Å²) in [7, 11) is 0. The number of likely N-dealkylation sites (N-methyl/N-ethyl adjacent to an activating group) is 1. The van der Waals surface area contributed by atoms with Crippen molar-refractivity contribution in [2.75, 3.05) is 24.6 Å². The first-order valence-corrected chi connectivity index (χ1v) is 11.9. The van der Waals surface area contributed by atoms with Crippen molar-refractivity contribution in [3.8, 4) is 16.9 Å². The van der Waals surface area contributed by atoms with E-state index in [2.05, 4.69) is 46.7 Å². The van der Waals surface area contributed by atoms with Gasteiger partial charge in [-0.25, -0.2) is 0 Å². The molecule has 0 spiro atoms. The maximum absolute atomic E-state index is 12.1. The molecule has 0 aromatic heterocycles. The quantitative estimate of drug-likeness (QED) is 0.280. The number of hydrogen-bond donors (Lipinski definition) is 2. The van der Waals surface area contributed by atoms with E-state index >= 15 is 0 Å². The monoisotopic (exact) mass is 485 g/mol. The molecule has 7 heteroatoms. The van der Waals surface area contributed by atoms with Gasteiger partial charge in [0.25, 0.3) is 11.8 Å². The fourth-order valence-electron chi connectivity index (χ4n) is 3.90. The highest BCUT2D eigenvalue weighted by molar-refractivity contribution is 7.80. The number of amides is 2. The maximum atomic E-state index is 12.1. The van der Waals surface area contributed by atoms with E-state index in [0.717, 1.165) is 41.2 Å². The number of nitrogens with zero attached hydrogens (tertiary/aromatic N) is 1. The van der Waals surface area contributed by atoms with E-state index in [0.29, 0.717) is 6.61 Å². The van der Waals surface area contributed by atoms with Crippen LogP contribution >= 0.6 is 12.2 Å². The fourth-order valence-corrected chi connectivity index (χ4v) is 4.08. The Morgan fingerprint density at radius 1 is 0.914 bits per heavy atom. The molecule has 0 saturated carbocycles. The van der Waals surface area contributed by atoms with Gasteiger partial charge in [0.15, 0.2) is 5.11 Å². The molecule has 1 aliphatic rings. The molecule has 3 aromatic rings. The van der Waals surface area contributed by atoms with Crippen molar-refractivity contribution >= 4 is 40.9 Å². The minimum absolute atomic E-state index is 0.0252. The van der Waals surface area contributed by atoms with Crippen LogP contribution in [-0.2, 0) is 9.59 Å². The van der Waals surface area contributed by atoms with Crippen LogP contribution in [0.1, 0.15) is 18.1 Å². The topological polar surface area (TPSA) is 70.7 Å². The van der Waals surface area contributed by atoms with E-state index in [1.165, 1.54) is 5.56 Å². The first-order chi connectivity index (χ1) is 16.9. The molecule has 2 N–H and O–H groups in total. The second-order valence-corrected chi connectivity index (χ2v) is 8.56. The number of thiocarbonyl (C=S) groups is 1. The summed E-state index contributed by atoms with van der Waals surface area (Å²) in [5.74, 6) is -0.153. The highest BCUT2D eigenvalue weighted by Crippen LogP contribution is 2.24. The third-order valence-electron chi connectivity index (χ3n) is 5.83. The van der Waals surface area contributed by atoms with Crippen molar-refractivity contribution in [2.45, 2.75) is 13.8 Å². The van der Waals surface area contributed by atoms with Gasteiger partial charge in [0, 0.05) is 12.2 Å².